The standard InChI is InChI=1S/C14H23ClN2O2/c1-3-19-8-4-5-13(17-16)10-11-9-12(15)6-7-14(11)18-2/h6-7,9,13,17H,3-5,8,10,16H2,1-2H3. The third-order valence-corrected chi connectivity index (χ3v) is 3.22. The van der Waals surface area contributed by atoms with Gasteiger partial charge >= 0.3 is 0 Å². The van der Waals surface area contributed by atoms with Crippen molar-refractivity contribution < 1.29 is 9.47 Å². The van der Waals surface area contributed by atoms with Crippen molar-refractivity contribution in [2.75, 3.05) is 20.3 Å². The van der Waals surface area contributed by atoms with Gasteiger partial charge in [0.15, 0.2) is 0 Å². The lowest BCUT2D eigenvalue weighted by Gasteiger charge is -2.17. The van der Waals surface area contributed by atoms with E-state index in [2.05, 4.69) is 5.43 Å². The summed E-state index contributed by atoms with van der Waals surface area (Å²) in [5.74, 6) is 6.44. The van der Waals surface area contributed by atoms with Gasteiger partial charge in [0.25, 0.3) is 0 Å². The first kappa shape index (κ1) is 16.2. The van der Waals surface area contributed by atoms with Crippen LogP contribution in [0.25, 0.3) is 0 Å². The van der Waals surface area contributed by atoms with Gasteiger partial charge in [0.05, 0.1) is 7.11 Å². The van der Waals surface area contributed by atoms with Crippen LogP contribution in [0, 0.1) is 0 Å². The SMILES string of the molecule is CCOCCCC(Cc1cc(Cl)ccc1OC)NN. The molecule has 0 saturated carbocycles. The molecule has 0 aromatic heterocycles. The molecule has 0 bridgehead atoms. The van der Waals surface area contributed by atoms with E-state index in [1.54, 1.807) is 7.11 Å². The van der Waals surface area contributed by atoms with Crippen LogP contribution >= 0.6 is 11.6 Å². The molecule has 0 radical (unpaired) electrons. The highest BCUT2D eigenvalue weighted by Gasteiger charge is 2.11. The molecule has 0 saturated heterocycles. The predicted octanol–water partition coefficient (Wildman–Crippen LogP) is 2.54. The number of hydrazine groups is 1. The smallest absolute Gasteiger partial charge is 0.122 e. The summed E-state index contributed by atoms with van der Waals surface area (Å²) in [4.78, 5) is 0. The molecule has 4 nitrogen and oxygen atoms in total. The highest BCUT2D eigenvalue weighted by atomic mass is 35.5. The molecule has 1 aromatic carbocycles. The Kier molecular flexibility index (Phi) is 7.82. The van der Waals surface area contributed by atoms with Gasteiger partial charge in [-0.3, -0.25) is 11.3 Å². The highest BCUT2D eigenvalue weighted by molar-refractivity contribution is 6.30. The van der Waals surface area contributed by atoms with Crippen LogP contribution in [-0.4, -0.2) is 26.4 Å². The molecule has 0 fully saturated rings. The van der Waals surface area contributed by atoms with Crippen LogP contribution in [-0.2, 0) is 11.2 Å². The van der Waals surface area contributed by atoms with Crippen LogP contribution in [0.1, 0.15) is 25.3 Å². The summed E-state index contributed by atoms with van der Waals surface area (Å²) in [6, 6.07) is 5.82. The van der Waals surface area contributed by atoms with Crippen LogP contribution in [0.15, 0.2) is 18.2 Å². The lowest BCUT2D eigenvalue weighted by Crippen LogP contribution is -2.37. The maximum atomic E-state index is 6.02. The van der Waals surface area contributed by atoms with Crippen LogP contribution in [0.2, 0.25) is 5.02 Å². The molecule has 1 rings (SSSR count). The van der Waals surface area contributed by atoms with Gasteiger partial charge in [0.1, 0.15) is 5.75 Å². The van der Waals surface area contributed by atoms with Gasteiger partial charge in [-0.05, 0) is 49.9 Å². The number of ether oxygens (including phenoxy) is 2. The molecule has 0 aliphatic carbocycles. The topological polar surface area (TPSA) is 56.5 Å². The Labute approximate surface area is 120 Å². The molecule has 108 valence electrons. The van der Waals surface area contributed by atoms with Crippen molar-refractivity contribution in [3.05, 3.63) is 28.8 Å². The second-order valence-electron chi connectivity index (χ2n) is 4.36. The van der Waals surface area contributed by atoms with Gasteiger partial charge < -0.3 is 9.47 Å². The molecular weight excluding hydrogens is 264 g/mol. The van der Waals surface area contributed by atoms with Crippen molar-refractivity contribution in [3.8, 4) is 5.75 Å². The summed E-state index contributed by atoms with van der Waals surface area (Å²) < 4.78 is 10.7. The van der Waals surface area contributed by atoms with Crippen molar-refractivity contribution in [3.63, 3.8) is 0 Å². The molecule has 1 unspecified atom stereocenters. The van der Waals surface area contributed by atoms with Crippen molar-refractivity contribution in [1.29, 1.82) is 0 Å². The zero-order valence-corrected chi connectivity index (χ0v) is 12.4. The molecule has 19 heavy (non-hydrogen) atoms. The average molecular weight is 287 g/mol. The second kappa shape index (κ2) is 9.15. The van der Waals surface area contributed by atoms with E-state index >= 15 is 0 Å². The first-order valence-electron chi connectivity index (χ1n) is 6.57. The number of nitrogens with one attached hydrogen (secondary N) is 1. The molecule has 0 spiro atoms. The number of rotatable bonds is 9. The van der Waals surface area contributed by atoms with Gasteiger partial charge in [-0.15, -0.1) is 0 Å². The summed E-state index contributed by atoms with van der Waals surface area (Å²) in [5.41, 5.74) is 3.91. The molecule has 0 amide bonds. The maximum Gasteiger partial charge on any atom is 0.122 e. The largest absolute Gasteiger partial charge is 0.496 e. The molecular formula is C14H23ClN2O2. The quantitative estimate of drug-likeness (QED) is 0.416. The Morgan fingerprint density at radius 2 is 2.21 bits per heavy atom. The van der Waals surface area contributed by atoms with E-state index in [4.69, 9.17) is 26.9 Å². The van der Waals surface area contributed by atoms with Crippen LogP contribution in [0.4, 0.5) is 0 Å². The van der Waals surface area contributed by atoms with Crippen molar-refractivity contribution in [1.82, 2.24) is 5.43 Å². The number of benzene rings is 1. The Balaban J connectivity index is 2.56. The Hall–Kier alpha value is -0.810. The molecule has 1 atom stereocenters. The van der Waals surface area contributed by atoms with Gasteiger partial charge in [-0.2, -0.15) is 0 Å². The zero-order valence-electron chi connectivity index (χ0n) is 11.6. The molecule has 3 N–H and O–H groups in total. The van der Waals surface area contributed by atoms with E-state index in [0.29, 0.717) is 5.02 Å². The van der Waals surface area contributed by atoms with Gasteiger partial charge in [-0.1, -0.05) is 11.6 Å². The normalized spacial score (nSPS) is 12.4. The van der Waals surface area contributed by atoms with Crippen molar-refractivity contribution in [2.45, 2.75) is 32.2 Å². The molecule has 0 aliphatic rings. The monoisotopic (exact) mass is 286 g/mol. The summed E-state index contributed by atoms with van der Waals surface area (Å²) >= 11 is 6.02. The number of methoxy groups -OCH3 is 1. The minimum atomic E-state index is 0.188. The fraction of sp³-hybridized carbons (Fsp3) is 0.571. The third kappa shape index (κ3) is 5.78. The van der Waals surface area contributed by atoms with Crippen molar-refractivity contribution >= 4 is 11.6 Å². The Bertz CT molecular complexity index is 374. The number of halogens is 1. The minimum Gasteiger partial charge on any atom is -0.496 e. The average Bonchev–Trinajstić information content (AvgIpc) is 2.42. The van der Waals surface area contributed by atoms with Crippen LogP contribution < -0.4 is 16.0 Å². The Morgan fingerprint density at radius 3 is 2.84 bits per heavy atom. The van der Waals surface area contributed by atoms with Gasteiger partial charge in [0.2, 0.25) is 0 Å². The highest BCUT2D eigenvalue weighted by Crippen LogP contribution is 2.24. The second-order valence-corrected chi connectivity index (χ2v) is 4.80. The lowest BCUT2D eigenvalue weighted by atomic mass is 10.0. The number of hydrogen-bond acceptors (Lipinski definition) is 4. The van der Waals surface area contributed by atoms with E-state index in [-0.39, 0.29) is 6.04 Å². The summed E-state index contributed by atoms with van der Waals surface area (Å²) in [5, 5.41) is 0.709. The third-order valence-electron chi connectivity index (χ3n) is 2.99. The predicted molar refractivity (Wildman–Crippen MR) is 78.5 cm³/mol. The van der Waals surface area contributed by atoms with Crippen LogP contribution in [0.5, 0.6) is 5.75 Å². The van der Waals surface area contributed by atoms with Crippen molar-refractivity contribution in [2.24, 2.45) is 5.84 Å². The van der Waals surface area contributed by atoms with Crippen LogP contribution in [0.3, 0.4) is 0 Å². The summed E-state index contributed by atoms with van der Waals surface area (Å²) in [6.07, 6.45) is 2.71. The van der Waals surface area contributed by atoms with E-state index in [9.17, 15) is 0 Å². The molecule has 0 heterocycles. The lowest BCUT2D eigenvalue weighted by molar-refractivity contribution is 0.140. The molecule has 1 aromatic rings. The molecule has 5 heteroatoms. The minimum absolute atomic E-state index is 0.188. The van der Waals surface area contributed by atoms with E-state index in [1.807, 2.05) is 25.1 Å². The van der Waals surface area contributed by atoms with E-state index in [1.165, 1.54) is 0 Å². The Morgan fingerprint density at radius 1 is 1.42 bits per heavy atom. The number of hydrogen-bond donors (Lipinski definition) is 2. The molecule has 0 aliphatic heterocycles. The maximum absolute atomic E-state index is 6.02. The fourth-order valence-corrected chi connectivity index (χ4v) is 2.19. The first-order chi connectivity index (χ1) is 9.21. The first-order valence-corrected chi connectivity index (χ1v) is 6.95. The van der Waals surface area contributed by atoms with Gasteiger partial charge in [-0.25, -0.2) is 0 Å². The van der Waals surface area contributed by atoms with E-state index in [0.717, 1.165) is 43.8 Å². The fourth-order valence-electron chi connectivity index (χ4n) is 1.99. The summed E-state index contributed by atoms with van der Waals surface area (Å²) in [7, 11) is 1.66. The number of nitrogens with two attached hydrogens (primary N) is 1. The van der Waals surface area contributed by atoms with E-state index < -0.39 is 0 Å². The summed E-state index contributed by atoms with van der Waals surface area (Å²) in [6.45, 7) is 3.51. The zero-order chi connectivity index (χ0) is 14.1. The van der Waals surface area contributed by atoms with Gasteiger partial charge in [0, 0.05) is 24.3 Å².